The monoisotopic (exact) mass is 400 g/mol. The SMILES string of the molecule is COc1cccc(C(=O)N2CCN(Cc3ccc(OC)c(OC)c3OC)CC2)c1. The molecule has 1 fully saturated rings. The Morgan fingerprint density at radius 1 is 0.862 bits per heavy atom. The van der Waals surface area contributed by atoms with Gasteiger partial charge in [-0.25, -0.2) is 0 Å². The molecular weight excluding hydrogens is 372 g/mol. The second kappa shape index (κ2) is 9.52. The van der Waals surface area contributed by atoms with Crippen molar-refractivity contribution < 1.29 is 23.7 Å². The Hall–Kier alpha value is -2.93. The molecule has 1 amide bonds. The molecule has 2 aromatic carbocycles. The van der Waals surface area contributed by atoms with E-state index in [9.17, 15) is 4.79 Å². The summed E-state index contributed by atoms with van der Waals surface area (Å²) in [6.07, 6.45) is 0. The standard InChI is InChI=1S/C22H28N2O5/c1-26-18-7-5-6-16(14-18)22(25)24-12-10-23(11-13-24)15-17-8-9-19(27-2)21(29-4)20(17)28-3/h5-9,14H,10-13,15H2,1-4H3. The lowest BCUT2D eigenvalue weighted by molar-refractivity contribution is 0.0627. The molecule has 2 aromatic rings. The van der Waals surface area contributed by atoms with Crippen molar-refractivity contribution in [3.63, 3.8) is 0 Å². The van der Waals surface area contributed by atoms with Gasteiger partial charge in [0.2, 0.25) is 5.75 Å². The maximum atomic E-state index is 12.8. The van der Waals surface area contributed by atoms with E-state index in [1.165, 1.54) is 0 Å². The van der Waals surface area contributed by atoms with Gasteiger partial charge in [0.1, 0.15) is 5.75 Å². The number of hydrogen-bond acceptors (Lipinski definition) is 6. The van der Waals surface area contributed by atoms with Gasteiger partial charge in [0, 0.05) is 43.9 Å². The zero-order valence-corrected chi connectivity index (χ0v) is 17.4. The molecule has 29 heavy (non-hydrogen) atoms. The van der Waals surface area contributed by atoms with Gasteiger partial charge in [-0.1, -0.05) is 12.1 Å². The Morgan fingerprint density at radius 2 is 1.59 bits per heavy atom. The fourth-order valence-electron chi connectivity index (χ4n) is 3.58. The summed E-state index contributed by atoms with van der Waals surface area (Å²) in [5, 5.41) is 0. The second-order valence-electron chi connectivity index (χ2n) is 6.79. The molecule has 1 aliphatic heterocycles. The molecule has 0 radical (unpaired) electrons. The van der Waals surface area contributed by atoms with Crippen molar-refractivity contribution in [2.75, 3.05) is 54.6 Å². The van der Waals surface area contributed by atoms with Gasteiger partial charge in [-0.05, 0) is 24.3 Å². The van der Waals surface area contributed by atoms with Gasteiger partial charge in [-0.3, -0.25) is 9.69 Å². The van der Waals surface area contributed by atoms with Gasteiger partial charge >= 0.3 is 0 Å². The maximum Gasteiger partial charge on any atom is 0.254 e. The average Bonchev–Trinajstić information content (AvgIpc) is 2.78. The summed E-state index contributed by atoms with van der Waals surface area (Å²) in [6.45, 7) is 3.63. The van der Waals surface area contributed by atoms with Crippen molar-refractivity contribution in [2.24, 2.45) is 0 Å². The van der Waals surface area contributed by atoms with E-state index >= 15 is 0 Å². The van der Waals surface area contributed by atoms with E-state index in [1.54, 1.807) is 34.5 Å². The molecule has 0 unspecified atom stereocenters. The third-order valence-corrected chi connectivity index (χ3v) is 5.16. The third kappa shape index (κ3) is 4.56. The minimum absolute atomic E-state index is 0.0345. The fraction of sp³-hybridized carbons (Fsp3) is 0.409. The molecule has 3 rings (SSSR count). The molecule has 156 valence electrons. The molecule has 1 saturated heterocycles. The van der Waals surface area contributed by atoms with Gasteiger partial charge in [0.05, 0.1) is 28.4 Å². The summed E-state index contributed by atoms with van der Waals surface area (Å²) in [5.41, 5.74) is 1.68. The van der Waals surface area contributed by atoms with Crippen LogP contribution in [0.1, 0.15) is 15.9 Å². The summed E-state index contributed by atoms with van der Waals surface area (Å²) < 4.78 is 21.6. The highest BCUT2D eigenvalue weighted by Gasteiger charge is 2.24. The first-order chi connectivity index (χ1) is 14.1. The van der Waals surface area contributed by atoms with Crippen LogP contribution in [-0.2, 0) is 6.54 Å². The van der Waals surface area contributed by atoms with Crippen molar-refractivity contribution in [1.82, 2.24) is 9.80 Å². The highest BCUT2D eigenvalue weighted by Crippen LogP contribution is 2.40. The smallest absolute Gasteiger partial charge is 0.254 e. The first kappa shape index (κ1) is 20.8. The van der Waals surface area contributed by atoms with E-state index in [2.05, 4.69) is 4.90 Å². The molecule has 0 atom stereocenters. The van der Waals surface area contributed by atoms with Crippen LogP contribution < -0.4 is 18.9 Å². The molecular formula is C22H28N2O5. The van der Waals surface area contributed by atoms with Crippen LogP contribution in [0.5, 0.6) is 23.0 Å². The van der Waals surface area contributed by atoms with Crippen molar-refractivity contribution in [1.29, 1.82) is 0 Å². The third-order valence-electron chi connectivity index (χ3n) is 5.16. The predicted octanol–water partition coefficient (Wildman–Crippen LogP) is 2.68. The van der Waals surface area contributed by atoms with Crippen LogP contribution in [0.2, 0.25) is 0 Å². The number of piperazine rings is 1. The van der Waals surface area contributed by atoms with E-state index in [-0.39, 0.29) is 5.91 Å². The summed E-state index contributed by atoms with van der Waals surface area (Å²) in [4.78, 5) is 17.0. The van der Waals surface area contributed by atoms with Gasteiger partial charge in [0.25, 0.3) is 5.91 Å². The van der Waals surface area contributed by atoms with E-state index in [0.717, 1.165) is 18.7 Å². The minimum atomic E-state index is 0.0345. The number of benzene rings is 2. The van der Waals surface area contributed by atoms with Crippen LogP contribution in [0, 0.1) is 0 Å². The highest BCUT2D eigenvalue weighted by molar-refractivity contribution is 5.94. The number of carbonyl (C=O) groups excluding carboxylic acids is 1. The molecule has 0 aromatic heterocycles. The Morgan fingerprint density at radius 3 is 2.21 bits per heavy atom. The zero-order chi connectivity index (χ0) is 20.8. The van der Waals surface area contributed by atoms with E-state index in [0.29, 0.717) is 48.2 Å². The summed E-state index contributed by atoms with van der Waals surface area (Å²) in [5.74, 6) is 2.64. The van der Waals surface area contributed by atoms with E-state index in [4.69, 9.17) is 18.9 Å². The molecule has 1 aliphatic rings. The largest absolute Gasteiger partial charge is 0.497 e. The van der Waals surface area contributed by atoms with Crippen molar-refractivity contribution in [2.45, 2.75) is 6.54 Å². The lowest BCUT2D eigenvalue weighted by Crippen LogP contribution is -2.48. The van der Waals surface area contributed by atoms with E-state index < -0.39 is 0 Å². The lowest BCUT2D eigenvalue weighted by atomic mass is 10.1. The van der Waals surface area contributed by atoms with Gasteiger partial charge < -0.3 is 23.8 Å². The number of rotatable bonds is 7. The number of amides is 1. The van der Waals surface area contributed by atoms with Crippen LogP contribution in [0.4, 0.5) is 0 Å². The Labute approximate surface area is 171 Å². The number of nitrogens with zero attached hydrogens (tertiary/aromatic N) is 2. The fourth-order valence-corrected chi connectivity index (χ4v) is 3.58. The lowest BCUT2D eigenvalue weighted by Gasteiger charge is -2.35. The van der Waals surface area contributed by atoms with Crippen LogP contribution in [0.3, 0.4) is 0 Å². The molecule has 1 heterocycles. The predicted molar refractivity (Wildman–Crippen MR) is 110 cm³/mol. The molecule has 0 saturated carbocycles. The van der Waals surface area contributed by atoms with Crippen molar-refractivity contribution >= 4 is 5.91 Å². The second-order valence-corrected chi connectivity index (χ2v) is 6.79. The minimum Gasteiger partial charge on any atom is -0.497 e. The van der Waals surface area contributed by atoms with Crippen LogP contribution >= 0.6 is 0 Å². The molecule has 7 nitrogen and oxygen atoms in total. The van der Waals surface area contributed by atoms with Crippen molar-refractivity contribution in [3.8, 4) is 23.0 Å². The van der Waals surface area contributed by atoms with E-state index in [1.807, 2.05) is 35.2 Å². The Kier molecular flexibility index (Phi) is 6.82. The molecule has 7 heteroatoms. The summed E-state index contributed by atoms with van der Waals surface area (Å²) in [7, 11) is 6.44. The number of ether oxygens (including phenoxy) is 4. The molecule has 0 aliphatic carbocycles. The first-order valence-electron chi connectivity index (χ1n) is 9.54. The van der Waals surface area contributed by atoms with Crippen LogP contribution in [0.15, 0.2) is 36.4 Å². The quantitative estimate of drug-likeness (QED) is 0.712. The summed E-state index contributed by atoms with van der Waals surface area (Å²) in [6, 6.07) is 11.2. The number of carbonyl (C=O) groups is 1. The number of hydrogen-bond donors (Lipinski definition) is 0. The van der Waals surface area contributed by atoms with Crippen LogP contribution in [0.25, 0.3) is 0 Å². The highest BCUT2D eigenvalue weighted by atomic mass is 16.5. The van der Waals surface area contributed by atoms with Gasteiger partial charge in [-0.15, -0.1) is 0 Å². The van der Waals surface area contributed by atoms with Crippen LogP contribution in [-0.4, -0.2) is 70.3 Å². The van der Waals surface area contributed by atoms with Crippen molar-refractivity contribution in [3.05, 3.63) is 47.5 Å². The summed E-state index contributed by atoms with van der Waals surface area (Å²) >= 11 is 0. The molecule has 0 spiro atoms. The zero-order valence-electron chi connectivity index (χ0n) is 17.4. The topological polar surface area (TPSA) is 60.5 Å². The number of methoxy groups -OCH3 is 4. The molecule has 0 N–H and O–H groups in total. The average molecular weight is 400 g/mol. The normalized spacial score (nSPS) is 14.4. The maximum absolute atomic E-state index is 12.8. The first-order valence-corrected chi connectivity index (χ1v) is 9.54. The van der Waals surface area contributed by atoms with Gasteiger partial charge in [0.15, 0.2) is 11.5 Å². The Balaban J connectivity index is 1.65. The molecule has 0 bridgehead atoms. The Bertz CT molecular complexity index is 847. The van der Waals surface area contributed by atoms with Gasteiger partial charge in [-0.2, -0.15) is 0 Å².